The van der Waals surface area contributed by atoms with Gasteiger partial charge in [0.1, 0.15) is 11.6 Å². The van der Waals surface area contributed by atoms with Crippen molar-refractivity contribution in [3.05, 3.63) is 35.4 Å². The third kappa shape index (κ3) is 3.31. The second-order valence-electron chi connectivity index (χ2n) is 5.35. The molecule has 0 aromatic heterocycles. The highest BCUT2D eigenvalue weighted by molar-refractivity contribution is 5.25. The highest BCUT2D eigenvalue weighted by Crippen LogP contribution is 2.36. The lowest BCUT2D eigenvalue weighted by Gasteiger charge is -2.39. The van der Waals surface area contributed by atoms with Crippen LogP contribution in [0.2, 0.25) is 0 Å². The van der Waals surface area contributed by atoms with Crippen LogP contribution in [0.1, 0.15) is 38.7 Å². The molecule has 2 nitrogen and oxygen atoms in total. The average Bonchev–Trinajstić information content (AvgIpc) is 2.36. The zero-order valence-corrected chi connectivity index (χ0v) is 11.5. The Balaban J connectivity index is 2.16. The van der Waals surface area contributed by atoms with Crippen LogP contribution in [-0.2, 0) is 10.3 Å². The van der Waals surface area contributed by atoms with Crippen LogP contribution in [0.25, 0.3) is 0 Å². The third-order valence-corrected chi connectivity index (χ3v) is 3.71. The minimum Gasteiger partial charge on any atom is -0.370 e. The molecule has 19 heavy (non-hydrogen) atoms. The monoisotopic (exact) mass is 269 g/mol. The Labute approximate surface area is 113 Å². The molecule has 0 aliphatic carbocycles. The van der Waals surface area contributed by atoms with Gasteiger partial charge in [-0.05, 0) is 38.8 Å². The summed E-state index contributed by atoms with van der Waals surface area (Å²) >= 11 is 0. The molecule has 2 atom stereocenters. The second kappa shape index (κ2) is 5.97. The minimum atomic E-state index is -0.679. The zero-order valence-electron chi connectivity index (χ0n) is 11.5. The van der Waals surface area contributed by atoms with Crippen molar-refractivity contribution in [1.82, 2.24) is 5.32 Å². The van der Waals surface area contributed by atoms with E-state index in [0.717, 1.165) is 25.5 Å². The molecular weight excluding hydrogens is 248 g/mol. The van der Waals surface area contributed by atoms with Gasteiger partial charge in [0.25, 0.3) is 0 Å². The molecule has 4 heteroatoms. The predicted molar refractivity (Wildman–Crippen MR) is 71.0 cm³/mol. The van der Waals surface area contributed by atoms with Crippen molar-refractivity contribution in [3.63, 3.8) is 0 Å². The van der Waals surface area contributed by atoms with Crippen LogP contribution in [0.3, 0.4) is 0 Å². The van der Waals surface area contributed by atoms with E-state index in [-0.39, 0.29) is 0 Å². The molecule has 1 aliphatic rings. The van der Waals surface area contributed by atoms with E-state index in [9.17, 15) is 8.78 Å². The number of hydrogen-bond acceptors (Lipinski definition) is 2. The molecule has 1 N–H and O–H groups in total. The van der Waals surface area contributed by atoms with E-state index in [0.29, 0.717) is 24.6 Å². The first-order valence-electron chi connectivity index (χ1n) is 6.88. The number of halogens is 2. The zero-order chi connectivity index (χ0) is 13.9. The molecule has 1 aliphatic heterocycles. The van der Waals surface area contributed by atoms with Crippen molar-refractivity contribution in [2.45, 2.75) is 44.8 Å². The van der Waals surface area contributed by atoms with Gasteiger partial charge in [-0.2, -0.15) is 0 Å². The number of benzene rings is 1. The quantitative estimate of drug-likeness (QED) is 0.905. The predicted octanol–water partition coefficient (Wildman–Crippen LogP) is 3.36. The third-order valence-electron chi connectivity index (χ3n) is 3.71. The van der Waals surface area contributed by atoms with Crippen LogP contribution in [-0.4, -0.2) is 19.2 Å². The normalized spacial score (nSPS) is 27.5. The van der Waals surface area contributed by atoms with Crippen molar-refractivity contribution in [2.75, 3.05) is 13.2 Å². The van der Waals surface area contributed by atoms with E-state index in [4.69, 9.17) is 4.74 Å². The molecule has 1 fully saturated rings. The maximum absolute atomic E-state index is 13.9. The molecule has 1 aromatic carbocycles. The van der Waals surface area contributed by atoms with Gasteiger partial charge in [-0.3, -0.25) is 0 Å². The molecule has 1 heterocycles. The largest absolute Gasteiger partial charge is 0.370 e. The van der Waals surface area contributed by atoms with Gasteiger partial charge in [0.05, 0.1) is 5.60 Å². The smallest absolute Gasteiger partial charge is 0.132 e. The van der Waals surface area contributed by atoms with Gasteiger partial charge in [-0.25, -0.2) is 8.78 Å². The summed E-state index contributed by atoms with van der Waals surface area (Å²) in [7, 11) is 0. The van der Waals surface area contributed by atoms with Gasteiger partial charge in [-0.15, -0.1) is 0 Å². The molecule has 0 amide bonds. The van der Waals surface area contributed by atoms with Crippen LogP contribution in [0.5, 0.6) is 0 Å². The Kier molecular flexibility index (Phi) is 4.53. The van der Waals surface area contributed by atoms with E-state index < -0.39 is 17.2 Å². The van der Waals surface area contributed by atoms with E-state index >= 15 is 0 Å². The summed E-state index contributed by atoms with van der Waals surface area (Å²) in [6, 6.07) is 4.03. The SMILES string of the molecule is CCCNC1CCOC(C)(c2ccc(F)cc2F)C1. The average molecular weight is 269 g/mol. The molecule has 0 spiro atoms. The highest BCUT2D eigenvalue weighted by Gasteiger charge is 2.36. The summed E-state index contributed by atoms with van der Waals surface area (Å²) in [5.41, 5.74) is -0.238. The summed E-state index contributed by atoms with van der Waals surface area (Å²) < 4.78 is 32.7. The molecule has 0 saturated carbocycles. The number of hydrogen-bond donors (Lipinski definition) is 1. The van der Waals surface area contributed by atoms with Gasteiger partial charge < -0.3 is 10.1 Å². The lowest BCUT2D eigenvalue weighted by Crippen LogP contribution is -2.44. The summed E-state index contributed by atoms with van der Waals surface area (Å²) in [6.07, 6.45) is 2.70. The van der Waals surface area contributed by atoms with Crippen LogP contribution in [0.15, 0.2) is 18.2 Å². The highest BCUT2D eigenvalue weighted by atomic mass is 19.1. The van der Waals surface area contributed by atoms with E-state index in [1.165, 1.54) is 12.1 Å². The van der Waals surface area contributed by atoms with Gasteiger partial charge in [0.15, 0.2) is 0 Å². The van der Waals surface area contributed by atoms with Crippen LogP contribution >= 0.6 is 0 Å². The summed E-state index contributed by atoms with van der Waals surface area (Å²) in [4.78, 5) is 0. The summed E-state index contributed by atoms with van der Waals surface area (Å²) in [6.45, 7) is 5.54. The summed E-state index contributed by atoms with van der Waals surface area (Å²) in [5.74, 6) is -1.08. The first kappa shape index (κ1) is 14.4. The number of ether oxygens (including phenoxy) is 1. The van der Waals surface area contributed by atoms with Crippen LogP contribution in [0, 0.1) is 11.6 Å². The Hall–Kier alpha value is -1.00. The fourth-order valence-electron chi connectivity index (χ4n) is 2.69. The molecule has 1 aromatic rings. The maximum atomic E-state index is 13.9. The number of nitrogens with one attached hydrogen (secondary N) is 1. The molecule has 2 unspecified atom stereocenters. The van der Waals surface area contributed by atoms with Crippen molar-refractivity contribution in [3.8, 4) is 0 Å². The fraction of sp³-hybridized carbons (Fsp3) is 0.600. The molecule has 0 radical (unpaired) electrons. The Bertz CT molecular complexity index is 438. The first-order valence-corrected chi connectivity index (χ1v) is 6.88. The summed E-state index contributed by atoms with van der Waals surface area (Å²) in [5, 5.41) is 3.45. The van der Waals surface area contributed by atoms with Crippen molar-refractivity contribution in [1.29, 1.82) is 0 Å². The maximum Gasteiger partial charge on any atom is 0.132 e. The molecule has 106 valence electrons. The van der Waals surface area contributed by atoms with Crippen LogP contribution < -0.4 is 5.32 Å². The van der Waals surface area contributed by atoms with Gasteiger partial charge >= 0.3 is 0 Å². The van der Waals surface area contributed by atoms with Crippen molar-refractivity contribution in [2.24, 2.45) is 0 Å². The molecule has 0 bridgehead atoms. The molecule has 2 rings (SSSR count). The van der Waals surface area contributed by atoms with Crippen molar-refractivity contribution < 1.29 is 13.5 Å². The van der Waals surface area contributed by atoms with Gasteiger partial charge in [0, 0.05) is 24.3 Å². The van der Waals surface area contributed by atoms with Gasteiger partial charge in [-0.1, -0.05) is 13.0 Å². The van der Waals surface area contributed by atoms with Crippen molar-refractivity contribution >= 4 is 0 Å². The fourth-order valence-corrected chi connectivity index (χ4v) is 2.69. The van der Waals surface area contributed by atoms with E-state index in [2.05, 4.69) is 12.2 Å². The second-order valence-corrected chi connectivity index (χ2v) is 5.35. The Morgan fingerprint density at radius 3 is 2.89 bits per heavy atom. The lowest BCUT2D eigenvalue weighted by molar-refractivity contribution is -0.0831. The minimum absolute atomic E-state index is 0.322. The van der Waals surface area contributed by atoms with E-state index in [1.54, 1.807) is 0 Å². The van der Waals surface area contributed by atoms with Gasteiger partial charge in [0.2, 0.25) is 0 Å². The lowest BCUT2D eigenvalue weighted by atomic mass is 9.85. The Morgan fingerprint density at radius 1 is 1.42 bits per heavy atom. The number of rotatable bonds is 4. The molecular formula is C15H21F2NO. The van der Waals surface area contributed by atoms with Crippen LogP contribution in [0.4, 0.5) is 8.78 Å². The topological polar surface area (TPSA) is 21.3 Å². The van der Waals surface area contributed by atoms with E-state index in [1.807, 2.05) is 6.92 Å². The first-order chi connectivity index (χ1) is 9.05. The standard InChI is InChI=1S/C15H21F2NO/c1-3-7-18-12-6-8-19-15(2,10-12)13-5-4-11(16)9-14(13)17/h4-5,9,12,18H,3,6-8,10H2,1-2H3. The molecule has 1 saturated heterocycles. The Morgan fingerprint density at radius 2 is 2.21 bits per heavy atom.